The quantitative estimate of drug-likeness (QED) is 0.733. The molecular formula is C20H26N2O. The Kier molecular flexibility index (Phi) is 5.65. The Morgan fingerprint density at radius 1 is 1.13 bits per heavy atom. The van der Waals surface area contributed by atoms with Crippen molar-refractivity contribution in [3.63, 3.8) is 0 Å². The molecule has 1 fully saturated rings. The van der Waals surface area contributed by atoms with Crippen LogP contribution in [0.3, 0.4) is 0 Å². The van der Waals surface area contributed by atoms with Crippen LogP contribution in [-0.2, 0) is 0 Å². The predicted molar refractivity (Wildman–Crippen MR) is 93.8 cm³/mol. The van der Waals surface area contributed by atoms with Gasteiger partial charge in [0.1, 0.15) is 5.75 Å². The normalized spacial score (nSPS) is 18.7. The number of nitrogens with zero attached hydrogens (tertiary/aromatic N) is 2. The van der Waals surface area contributed by atoms with E-state index in [0.717, 1.165) is 11.6 Å². The number of aromatic nitrogens is 1. The molecule has 1 aromatic heterocycles. The first-order chi connectivity index (χ1) is 11.4. The molecule has 3 rings (SSSR count). The van der Waals surface area contributed by atoms with Crippen LogP contribution in [0.4, 0.5) is 0 Å². The lowest BCUT2D eigenvalue weighted by molar-refractivity contribution is 0.144. The van der Waals surface area contributed by atoms with Crippen LogP contribution in [0.5, 0.6) is 11.6 Å². The summed E-state index contributed by atoms with van der Waals surface area (Å²) in [6.45, 7) is 4.61. The van der Waals surface area contributed by atoms with E-state index < -0.39 is 0 Å². The number of pyridine rings is 1. The monoisotopic (exact) mass is 310 g/mol. The number of hydrogen-bond acceptors (Lipinski definition) is 3. The zero-order valence-electron chi connectivity index (χ0n) is 13.9. The maximum absolute atomic E-state index is 6.08. The van der Waals surface area contributed by atoms with Crippen molar-refractivity contribution in [1.82, 2.24) is 9.88 Å². The van der Waals surface area contributed by atoms with E-state index >= 15 is 0 Å². The molecular weight excluding hydrogens is 284 g/mol. The molecule has 0 radical (unpaired) electrons. The highest BCUT2D eigenvalue weighted by molar-refractivity contribution is 5.34. The summed E-state index contributed by atoms with van der Waals surface area (Å²) in [6.07, 6.45) is 8.10. The van der Waals surface area contributed by atoms with E-state index in [2.05, 4.69) is 22.9 Å². The van der Waals surface area contributed by atoms with Crippen LogP contribution in [0.25, 0.3) is 0 Å². The van der Waals surface area contributed by atoms with E-state index in [1.165, 1.54) is 50.8 Å². The largest absolute Gasteiger partial charge is 0.439 e. The molecule has 1 saturated heterocycles. The highest BCUT2D eigenvalue weighted by Crippen LogP contribution is 2.36. The SMILES string of the molecule is CCCCN1CCCC[C@@H]1c1cccnc1Oc1ccccc1. The minimum atomic E-state index is 0.433. The van der Waals surface area contributed by atoms with Crippen molar-refractivity contribution in [3.05, 3.63) is 54.2 Å². The van der Waals surface area contributed by atoms with Gasteiger partial charge in [-0.25, -0.2) is 4.98 Å². The molecule has 1 aromatic carbocycles. The maximum Gasteiger partial charge on any atom is 0.223 e. The van der Waals surface area contributed by atoms with Gasteiger partial charge < -0.3 is 4.74 Å². The molecule has 2 heterocycles. The Labute approximate surface area is 139 Å². The Morgan fingerprint density at radius 3 is 2.83 bits per heavy atom. The van der Waals surface area contributed by atoms with Crippen LogP contribution in [0, 0.1) is 0 Å². The highest BCUT2D eigenvalue weighted by Gasteiger charge is 2.26. The van der Waals surface area contributed by atoms with Gasteiger partial charge in [-0.2, -0.15) is 0 Å². The summed E-state index contributed by atoms with van der Waals surface area (Å²) in [7, 11) is 0. The van der Waals surface area contributed by atoms with Gasteiger partial charge in [-0.05, 0) is 50.6 Å². The maximum atomic E-state index is 6.08. The first kappa shape index (κ1) is 16.0. The fourth-order valence-corrected chi connectivity index (χ4v) is 3.31. The summed E-state index contributed by atoms with van der Waals surface area (Å²) in [5.41, 5.74) is 1.23. The van der Waals surface area contributed by atoms with E-state index in [9.17, 15) is 0 Å². The Balaban J connectivity index is 1.83. The summed E-state index contributed by atoms with van der Waals surface area (Å²) in [5.74, 6) is 1.61. The first-order valence-corrected chi connectivity index (χ1v) is 8.80. The summed E-state index contributed by atoms with van der Waals surface area (Å²) in [6, 6.07) is 14.6. The molecule has 122 valence electrons. The Hall–Kier alpha value is -1.87. The molecule has 0 aliphatic carbocycles. The number of ether oxygens (including phenoxy) is 1. The molecule has 0 unspecified atom stereocenters. The summed E-state index contributed by atoms with van der Waals surface area (Å²) in [4.78, 5) is 7.13. The zero-order valence-corrected chi connectivity index (χ0v) is 13.9. The summed E-state index contributed by atoms with van der Waals surface area (Å²) < 4.78 is 6.08. The van der Waals surface area contributed by atoms with Crippen molar-refractivity contribution in [3.8, 4) is 11.6 Å². The van der Waals surface area contributed by atoms with Crippen molar-refractivity contribution in [2.45, 2.75) is 45.1 Å². The lowest BCUT2D eigenvalue weighted by Gasteiger charge is -2.36. The van der Waals surface area contributed by atoms with Crippen LogP contribution >= 0.6 is 0 Å². The van der Waals surface area contributed by atoms with Gasteiger partial charge in [0.25, 0.3) is 0 Å². The third kappa shape index (κ3) is 4.11. The third-order valence-electron chi connectivity index (χ3n) is 4.53. The number of benzene rings is 1. The summed E-state index contributed by atoms with van der Waals surface area (Å²) in [5, 5.41) is 0. The van der Waals surface area contributed by atoms with Crippen molar-refractivity contribution < 1.29 is 4.74 Å². The van der Waals surface area contributed by atoms with E-state index in [-0.39, 0.29) is 0 Å². The molecule has 0 amide bonds. The van der Waals surface area contributed by atoms with Crippen LogP contribution in [0.15, 0.2) is 48.7 Å². The molecule has 0 bridgehead atoms. The van der Waals surface area contributed by atoms with E-state index in [4.69, 9.17) is 4.74 Å². The van der Waals surface area contributed by atoms with Crippen LogP contribution in [0.1, 0.15) is 50.6 Å². The number of para-hydroxylation sites is 1. The first-order valence-electron chi connectivity index (χ1n) is 8.80. The molecule has 2 aromatic rings. The fraction of sp³-hybridized carbons (Fsp3) is 0.450. The minimum Gasteiger partial charge on any atom is -0.439 e. The number of hydrogen-bond donors (Lipinski definition) is 0. The van der Waals surface area contributed by atoms with Gasteiger partial charge in [0.05, 0.1) is 0 Å². The van der Waals surface area contributed by atoms with Gasteiger partial charge in [0.15, 0.2) is 0 Å². The number of likely N-dealkylation sites (tertiary alicyclic amines) is 1. The van der Waals surface area contributed by atoms with Crippen molar-refractivity contribution in [1.29, 1.82) is 0 Å². The number of rotatable bonds is 6. The van der Waals surface area contributed by atoms with Gasteiger partial charge in [0, 0.05) is 17.8 Å². The topological polar surface area (TPSA) is 25.4 Å². The van der Waals surface area contributed by atoms with Crippen LogP contribution < -0.4 is 4.74 Å². The molecule has 1 aliphatic rings. The number of unbranched alkanes of at least 4 members (excludes halogenated alkanes) is 1. The van der Waals surface area contributed by atoms with Gasteiger partial charge in [0.2, 0.25) is 5.88 Å². The molecule has 0 N–H and O–H groups in total. The lowest BCUT2D eigenvalue weighted by Crippen LogP contribution is -2.34. The van der Waals surface area contributed by atoms with Crippen molar-refractivity contribution >= 4 is 0 Å². The van der Waals surface area contributed by atoms with Gasteiger partial charge >= 0.3 is 0 Å². The fourth-order valence-electron chi connectivity index (χ4n) is 3.31. The second-order valence-electron chi connectivity index (χ2n) is 6.21. The lowest BCUT2D eigenvalue weighted by atomic mass is 9.95. The number of piperidine rings is 1. The highest BCUT2D eigenvalue weighted by atomic mass is 16.5. The Morgan fingerprint density at radius 2 is 2.00 bits per heavy atom. The molecule has 1 atom stereocenters. The van der Waals surface area contributed by atoms with E-state index in [1.54, 1.807) is 0 Å². The van der Waals surface area contributed by atoms with Crippen molar-refractivity contribution in [2.24, 2.45) is 0 Å². The second kappa shape index (κ2) is 8.11. The third-order valence-corrected chi connectivity index (χ3v) is 4.53. The van der Waals surface area contributed by atoms with Gasteiger partial charge in [-0.3, -0.25) is 4.90 Å². The molecule has 0 spiro atoms. The molecule has 23 heavy (non-hydrogen) atoms. The average molecular weight is 310 g/mol. The molecule has 3 nitrogen and oxygen atoms in total. The second-order valence-corrected chi connectivity index (χ2v) is 6.21. The smallest absolute Gasteiger partial charge is 0.223 e. The molecule has 3 heteroatoms. The Bertz CT molecular complexity index is 600. The average Bonchev–Trinajstić information content (AvgIpc) is 2.62. The molecule has 0 saturated carbocycles. The molecule has 1 aliphatic heterocycles. The van der Waals surface area contributed by atoms with E-state index in [0.29, 0.717) is 6.04 Å². The van der Waals surface area contributed by atoms with Crippen molar-refractivity contribution in [2.75, 3.05) is 13.1 Å². The zero-order chi connectivity index (χ0) is 15.9. The standard InChI is InChI=1S/C20H26N2O/c1-2-3-15-22-16-8-7-13-19(22)18-12-9-14-21-20(18)23-17-10-5-4-6-11-17/h4-6,9-12,14,19H,2-3,7-8,13,15-16H2,1H3/t19-/m1/s1. The van der Waals surface area contributed by atoms with Gasteiger partial charge in [-0.15, -0.1) is 0 Å². The van der Waals surface area contributed by atoms with Crippen LogP contribution in [0.2, 0.25) is 0 Å². The minimum absolute atomic E-state index is 0.433. The predicted octanol–water partition coefficient (Wildman–Crippen LogP) is 5.20. The summed E-state index contributed by atoms with van der Waals surface area (Å²) >= 11 is 0. The van der Waals surface area contributed by atoms with Crippen LogP contribution in [-0.4, -0.2) is 23.0 Å². The van der Waals surface area contributed by atoms with Gasteiger partial charge in [-0.1, -0.05) is 44.0 Å². The van der Waals surface area contributed by atoms with E-state index in [1.807, 2.05) is 42.6 Å².